The molecule has 3 amide bonds. The van der Waals surface area contributed by atoms with Gasteiger partial charge in [-0.3, -0.25) is 30.1 Å². The summed E-state index contributed by atoms with van der Waals surface area (Å²) in [5.74, 6) is -0.433. The molecule has 192 valence electrons. The number of thiocarbonyl (C=S) groups is 1. The Morgan fingerprint density at radius 1 is 1.05 bits per heavy atom. The van der Waals surface area contributed by atoms with E-state index in [1.807, 2.05) is 61.5 Å². The summed E-state index contributed by atoms with van der Waals surface area (Å²) in [5, 5.41) is 0. The number of aryl methyl sites for hydroxylation is 1. The van der Waals surface area contributed by atoms with Gasteiger partial charge in [0.15, 0.2) is 4.34 Å². The van der Waals surface area contributed by atoms with Crippen LogP contribution in [0.3, 0.4) is 0 Å². The van der Waals surface area contributed by atoms with Crippen molar-refractivity contribution < 1.29 is 14.4 Å². The fraction of sp³-hybridized carbons (Fsp3) is 0.269. The number of carbonyl (C=O) groups excluding carboxylic acids is 3. The van der Waals surface area contributed by atoms with Crippen LogP contribution in [-0.2, 0) is 14.4 Å². The van der Waals surface area contributed by atoms with Crippen molar-refractivity contribution in [2.24, 2.45) is 0 Å². The third-order valence-corrected chi connectivity index (χ3v) is 9.03. The number of carbonyl (C=O) groups is 3. The van der Waals surface area contributed by atoms with Crippen molar-refractivity contribution in [1.29, 1.82) is 0 Å². The Labute approximate surface area is 233 Å². The maximum Gasteiger partial charge on any atom is 0.266 e. The molecule has 11 heteroatoms. The zero-order chi connectivity index (χ0) is 26.2. The maximum atomic E-state index is 12.7. The quantitative estimate of drug-likeness (QED) is 0.112. The molecular weight excluding hydrogens is 545 g/mol. The van der Waals surface area contributed by atoms with Crippen LogP contribution in [0.2, 0.25) is 0 Å². The van der Waals surface area contributed by atoms with E-state index in [9.17, 15) is 14.4 Å². The van der Waals surface area contributed by atoms with Gasteiger partial charge in [-0.15, -0.1) is 11.3 Å². The molecule has 1 fully saturated rings. The largest absolute Gasteiger partial charge is 0.293 e. The predicted molar refractivity (Wildman–Crippen MR) is 156 cm³/mol. The van der Waals surface area contributed by atoms with Crippen molar-refractivity contribution in [1.82, 2.24) is 20.7 Å². The summed E-state index contributed by atoms with van der Waals surface area (Å²) in [6, 6.07) is 15.8. The van der Waals surface area contributed by atoms with E-state index >= 15 is 0 Å². The van der Waals surface area contributed by atoms with Crippen molar-refractivity contribution in [3.05, 3.63) is 64.6 Å². The smallest absolute Gasteiger partial charge is 0.266 e. The molecule has 3 aromatic rings. The molecule has 7 nitrogen and oxygen atoms in total. The normalized spacial score (nSPS) is 14.5. The second kappa shape index (κ2) is 13.2. The first-order valence-electron chi connectivity index (χ1n) is 11.8. The van der Waals surface area contributed by atoms with Crippen LogP contribution < -0.4 is 10.9 Å². The first-order chi connectivity index (χ1) is 17.9. The number of unbranched alkanes of at least 4 members (excludes halogenated alkanes) is 2. The number of hydrazine groups is 1. The van der Waals surface area contributed by atoms with Gasteiger partial charge in [0.2, 0.25) is 11.8 Å². The molecule has 1 aromatic heterocycles. The molecule has 0 unspecified atom stereocenters. The summed E-state index contributed by atoms with van der Waals surface area (Å²) in [7, 11) is 0. The summed E-state index contributed by atoms with van der Waals surface area (Å²) in [6.45, 7) is 2.55. The Kier molecular flexibility index (Phi) is 9.73. The van der Waals surface area contributed by atoms with E-state index in [2.05, 4.69) is 15.8 Å². The number of para-hydroxylation sites is 1. The first kappa shape index (κ1) is 27.3. The molecule has 37 heavy (non-hydrogen) atoms. The maximum absolute atomic E-state index is 12.7. The lowest BCUT2D eigenvalue weighted by molar-refractivity contribution is -0.127. The lowest BCUT2D eigenvalue weighted by atomic mass is 10.1. The van der Waals surface area contributed by atoms with Gasteiger partial charge in [0.25, 0.3) is 5.91 Å². The topological polar surface area (TPSA) is 91.4 Å². The van der Waals surface area contributed by atoms with Crippen molar-refractivity contribution in [2.75, 3.05) is 12.3 Å². The van der Waals surface area contributed by atoms with Crippen molar-refractivity contribution in [3.63, 3.8) is 0 Å². The van der Waals surface area contributed by atoms with Crippen LogP contribution in [0.5, 0.6) is 0 Å². The highest BCUT2D eigenvalue weighted by molar-refractivity contribution is 8.26. The predicted octanol–water partition coefficient (Wildman–Crippen LogP) is 5.31. The number of nitrogens with zero attached hydrogens (tertiary/aromatic N) is 2. The van der Waals surface area contributed by atoms with E-state index < -0.39 is 0 Å². The van der Waals surface area contributed by atoms with Crippen molar-refractivity contribution in [3.8, 4) is 0 Å². The minimum Gasteiger partial charge on any atom is -0.293 e. The molecule has 0 radical (unpaired) electrons. The van der Waals surface area contributed by atoms with Crippen LogP contribution in [0, 0.1) is 6.92 Å². The van der Waals surface area contributed by atoms with Gasteiger partial charge < -0.3 is 0 Å². The standard InChI is InChI=1S/C26H26N4O3S4/c1-17-10-12-18(13-11-17)15-21-24(33)30(26(34)37-21)14-6-2-3-9-22(31)28-29-23(32)16-35-25-27-19-7-4-5-8-20(19)36-25/h4-5,7-8,10-13,15H,2-3,6,9,14,16H2,1H3,(H,28,31)(H,29,32). The third kappa shape index (κ3) is 7.88. The number of aromatic nitrogens is 1. The lowest BCUT2D eigenvalue weighted by Crippen LogP contribution is -2.42. The summed E-state index contributed by atoms with van der Waals surface area (Å²) in [4.78, 5) is 43.6. The van der Waals surface area contributed by atoms with Crippen LogP contribution in [0.1, 0.15) is 36.8 Å². The number of benzene rings is 2. The summed E-state index contributed by atoms with van der Waals surface area (Å²) in [5.41, 5.74) is 7.96. The molecule has 0 atom stereocenters. The molecule has 2 N–H and O–H groups in total. The van der Waals surface area contributed by atoms with E-state index in [-0.39, 0.29) is 29.9 Å². The van der Waals surface area contributed by atoms with Crippen LogP contribution in [-0.4, -0.2) is 44.2 Å². The lowest BCUT2D eigenvalue weighted by Gasteiger charge is -2.14. The molecule has 4 rings (SSSR count). The van der Waals surface area contributed by atoms with Crippen molar-refractivity contribution in [2.45, 2.75) is 36.9 Å². The molecule has 0 aliphatic carbocycles. The second-order valence-electron chi connectivity index (χ2n) is 8.39. The van der Waals surface area contributed by atoms with Crippen LogP contribution >= 0.6 is 47.1 Å². The van der Waals surface area contributed by atoms with E-state index in [0.717, 1.165) is 33.0 Å². The van der Waals surface area contributed by atoms with Gasteiger partial charge in [0.1, 0.15) is 4.32 Å². The van der Waals surface area contributed by atoms with Crippen LogP contribution in [0.25, 0.3) is 16.3 Å². The van der Waals surface area contributed by atoms with Gasteiger partial charge >= 0.3 is 0 Å². The van der Waals surface area contributed by atoms with Gasteiger partial charge in [0, 0.05) is 13.0 Å². The van der Waals surface area contributed by atoms with E-state index in [4.69, 9.17) is 12.2 Å². The van der Waals surface area contributed by atoms with Crippen LogP contribution in [0.15, 0.2) is 57.8 Å². The van der Waals surface area contributed by atoms with Gasteiger partial charge in [-0.05, 0) is 43.5 Å². The molecule has 2 heterocycles. The van der Waals surface area contributed by atoms with E-state index in [0.29, 0.717) is 22.2 Å². The molecule has 0 bridgehead atoms. The average molecular weight is 571 g/mol. The van der Waals surface area contributed by atoms with Gasteiger partial charge in [-0.1, -0.05) is 84.1 Å². The van der Waals surface area contributed by atoms with Gasteiger partial charge in [0.05, 0.1) is 20.9 Å². The Balaban J connectivity index is 1.10. The number of nitrogens with one attached hydrogen (secondary N) is 2. The minimum atomic E-state index is -0.286. The Bertz CT molecular complexity index is 1300. The highest BCUT2D eigenvalue weighted by Gasteiger charge is 2.31. The number of rotatable bonds is 10. The Hall–Kier alpha value is -2.73. The molecule has 1 aliphatic rings. The summed E-state index contributed by atoms with van der Waals surface area (Å²) < 4.78 is 2.45. The molecule has 1 saturated heterocycles. The third-order valence-electron chi connectivity index (χ3n) is 5.48. The molecule has 0 spiro atoms. The number of amides is 3. The second-order valence-corrected chi connectivity index (χ2v) is 12.3. The number of hydrogen-bond acceptors (Lipinski definition) is 8. The Morgan fingerprint density at radius 2 is 1.81 bits per heavy atom. The van der Waals surface area contributed by atoms with E-state index in [1.54, 1.807) is 4.90 Å². The fourth-order valence-corrected chi connectivity index (χ4v) is 6.69. The number of fused-ring (bicyclic) bond motifs is 1. The number of thioether (sulfide) groups is 2. The fourth-order valence-electron chi connectivity index (χ4n) is 3.52. The van der Waals surface area contributed by atoms with Crippen molar-refractivity contribution >= 4 is 85.4 Å². The molecule has 2 aromatic carbocycles. The molecule has 1 aliphatic heterocycles. The summed E-state index contributed by atoms with van der Waals surface area (Å²) in [6.07, 6.45) is 4.31. The highest BCUT2D eigenvalue weighted by atomic mass is 32.2. The Morgan fingerprint density at radius 3 is 2.59 bits per heavy atom. The minimum absolute atomic E-state index is 0.0697. The highest BCUT2D eigenvalue weighted by Crippen LogP contribution is 2.33. The zero-order valence-corrected chi connectivity index (χ0v) is 23.5. The van der Waals surface area contributed by atoms with Gasteiger partial charge in [-0.25, -0.2) is 4.98 Å². The summed E-state index contributed by atoms with van der Waals surface area (Å²) >= 11 is 9.60. The average Bonchev–Trinajstić information content (AvgIpc) is 3.42. The monoisotopic (exact) mass is 570 g/mol. The van der Waals surface area contributed by atoms with E-state index in [1.165, 1.54) is 40.4 Å². The first-order valence-corrected chi connectivity index (χ1v) is 14.8. The van der Waals surface area contributed by atoms with Gasteiger partial charge in [-0.2, -0.15) is 0 Å². The SMILES string of the molecule is Cc1ccc(C=C2SC(=S)N(CCCCCC(=O)NNC(=O)CSc3nc4ccccc4s3)C2=O)cc1. The molecule has 0 saturated carbocycles. The zero-order valence-electron chi connectivity index (χ0n) is 20.2. The van der Waals surface area contributed by atoms with Crippen LogP contribution in [0.4, 0.5) is 0 Å². The number of thiazole rings is 1. The number of hydrogen-bond donors (Lipinski definition) is 2. The molecular formula is C26H26N4O3S4.